The Balaban J connectivity index is 2.10. The van der Waals surface area contributed by atoms with Crippen molar-refractivity contribution < 1.29 is 18.3 Å². The molecule has 0 heterocycles. The second kappa shape index (κ2) is 4.72. The van der Waals surface area contributed by atoms with Gasteiger partial charge in [-0.1, -0.05) is 19.1 Å². The molecule has 5 heteroatoms. The fourth-order valence-corrected chi connectivity index (χ4v) is 3.77. The van der Waals surface area contributed by atoms with Crippen LogP contribution >= 0.6 is 0 Å². The summed E-state index contributed by atoms with van der Waals surface area (Å²) >= 11 is 0. The molecule has 4 nitrogen and oxygen atoms in total. The van der Waals surface area contributed by atoms with Gasteiger partial charge in [-0.25, -0.2) is 8.42 Å². The minimum Gasteiger partial charge on any atom is -0.481 e. The molecule has 1 fully saturated rings. The molecule has 2 atom stereocenters. The van der Waals surface area contributed by atoms with Crippen LogP contribution in [0.15, 0.2) is 29.2 Å². The van der Waals surface area contributed by atoms with E-state index in [1.165, 1.54) is 12.1 Å². The maximum absolute atomic E-state index is 12.0. The van der Waals surface area contributed by atoms with E-state index in [9.17, 15) is 13.2 Å². The zero-order chi connectivity index (χ0) is 13.3. The lowest BCUT2D eigenvalue weighted by Crippen LogP contribution is -2.09. The zero-order valence-electron chi connectivity index (χ0n) is 10.2. The topological polar surface area (TPSA) is 71.4 Å². The smallest absolute Gasteiger partial charge is 0.307 e. The van der Waals surface area contributed by atoms with Crippen LogP contribution in [0.3, 0.4) is 0 Å². The quantitative estimate of drug-likeness (QED) is 0.883. The van der Waals surface area contributed by atoms with Gasteiger partial charge in [0.1, 0.15) is 0 Å². The van der Waals surface area contributed by atoms with Gasteiger partial charge in [-0.2, -0.15) is 0 Å². The third-order valence-corrected chi connectivity index (χ3v) is 5.20. The van der Waals surface area contributed by atoms with Crippen molar-refractivity contribution in [1.29, 1.82) is 0 Å². The summed E-state index contributed by atoms with van der Waals surface area (Å²) in [5, 5.41) is 8.63. The van der Waals surface area contributed by atoms with Gasteiger partial charge in [-0.3, -0.25) is 4.79 Å². The van der Waals surface area contributed by atoms with Crippen LogP contribution in [0.1, 0.15) is 18.9 Å². The van der Waals surface area contributed by atoms with E-state index in [1.807, 2.05) is 0 Å². The number of aliphatic carboxylic acids is 1. The van der Waals surface area contributed by atoms with Crippen molar-refractivity contribution in [3.05, 3.63) is 29.8 Å². The van der Waals surface area contributed by atoms with Gasteiger partial charge in [0, 0.05) is 0 Å². The van der Waals surface area contributed by atoms with Crippen molar-refractivity contribution in [3.8, 4) is 0 Å². The molecule has 2 unspecified atom stereocenters. The first-order chi connectivity index (χ1) is 8.38. The van der Waals surface area contributed by atoms with E-state index in [0.717, 1.165) is 6.42 Å². The molecule has 98 valence electrons. The lowest BCUT2D eigenvalue weighted by Gasteiger charge is -2.04. The molecule has 18 heavy (non-hydrogen) atoms. The number of benzene rings is 1. The van der Waals surface area contributed by atoms with Crippen LogP contribution in [0.4, 0.5) is 0 Å². The van der Waals surface area contributed by atoms with Gasteiger partial charge in [-0.05, 0) is 36.0 Å². The van der Waals surface area contributed by atoms with Gasteiger partial charge < -0.3 is 5.11 Å². The molecular weight excluding hydrogens is 252 g/mol. The number of sulfone groups is 1. The van der Waals surface area contributed by atoms with Crippen molar-refractivity contribution in [2.24, 2.45) is 11.8 Å². The third-order valence-electron chi connectivity index (χ3n) is 3.35. The summed E-state index contributed by atoms with van der Waals surface area (Å²) in [4.78, 5) is 10.8. The van der Waals surface area contributed by atoms with E-state index in [0.29, 0.717) is 11.5 Å². The number of carboxylic acids is 1. The monoisotopic (exact) mass is 268 g/mol. The van der Waals surface area contributed by atoms with Crippen molar-refractivity contribution in [2.45, 2.75) is 24.7 Å². The van der Waals surface area contributed by atoms with Crippen LogP contribution in [0.5, 0.6) is 0 Å². The molecule has 0 aromatic heterocycles. The number of hydrogen-bond donors (Lipinski definition) is 1. The molecule has 1 saturated carbocycles. The predicted molar refractivity (Wildman–Crippen MR) is 67.1 cm³/mol. The summed E-state index contributed by atoms with van der Waals surface area (Å²) in [6.45, 7) is 2.05. The minimum atomic E-state index is -3.22. The third kappa shape index (κ3) is 3.10. The van der Waals surface area contributed by atoms with Crippen LogP contribution in [0, 0.1) is 11.8 Å². The summed E-state index contributed by atoms with van der Waals surface area (Å²) in [5.41, 5.74) is 0.612. The SMILES string of the molecule is CC1CC1CS(=O)(=O)c1ccc(CC(=O)O)cc1. The molecule has 2 rings (SSSR count). The normalized spacial score (nSPS) is 22.7. The van der Waals surface area contributed by atoms with Gasteiger partial charge in [0.05, 0.1) is 17.1 Å². The summed E-state index contributed by atoms with van der Waals surface area (Å²) in [5.74, 6) is 0.0732. The summed E-state index contributed by atoms with van der Waals surface area (Å²) < 4.78 is 24.1. The van der Waals surface area contributed by atoms with E-state index in [1.54, 1.807) is 12.1 Å². The molecule has 0 aliphatic heterocycles. The van der Waals surface area contributed by atoms with Crippen LogP contribution < -0.4 is 0 Å². The van der Waals surface area contributed by atoms with Crippen LogP contribution in [-0.4, -0.2) is 25.2 Å². The second-order valence-electron chi connectivity index (χ2n) is 4.97. The lowest BCUT2D eigenvalue weighted by molar-refractivity contribution is -0.136. The number of carboxylic acid groups (broad SMARTS) is 1. The highest BCUT2D eigenvalue weighted by atomic mass is 32.2. The van der Waals surface area contributed by atoms with E-state index in [2.05, 4.69) is 6.92 Å². The van der Waals surface area contributed by atoms with Gasteiger partial charge in [-0.15, -0.1) is 0 Å². The van der Waals surface area contributed by atoms with E-state index < -0.39 is 15.8 Å². The van der Waals surface area contributed by atoms with Gasteiger partial charge in [0.15, 0.2) is 9.84 Å². The van der Waals surface area contributed by atoms with Gasteiger partial charge in [0.2, 0.25) is 0 Å². The first-order valence-electron chi connectivity index (χ1n) is 5.92. The Morgan fingerprint density at radius 1 is 1.33 bits per heavy atom. The zero-order valence-corrected chi connectivity index (χ0v) is 11.0. The van der Waals surface area contributed by atoms with Crippen LogP contribution in [0.25, 0.3) is 0 Å². The van der Waals surface area contributed by atoms with Gasteiger partial charge in [0.25, 0.3) is 0 Å². The maximum atomic E-state index is 12.0. The number of rotatable bonds is 5. The molecular formula is C13H16O4S. The summed E-state index contributed by atoms with van der Waals surface area (Å²) in [7, 11) is -3.22. The van der Waals surface area contributed by atoms with Crippen molar-refractivity contribution >= 4 is 15.8 Å². The van der Waals surface area contributed by atoms with Crippen LogP contribution in [-0.2, 0) is 21.1 Å². The molecule has 1 aromatic rings. The minimum absolute atomic E-state index is 0.0833. The second-order valence-corrected chi connectivity index (χ2v) is 7.00. The average molecular weight is 268 g/mol. The summed E-state index contributed by atoms with van der Waals surface area (Å²) in [6, 6.07) is 6.13. The molecule has 0 spiro atoms. The van der Waals surface area contributed by atoms with Crippen molar-refractivity contribution in [1.82, 2.24) is 0 Å². The largest absolute Gasteiger partial charge is 0.481 e. The summed E-state index contributed by atoms with van der Waals surface area (Å²) in [6.07, 6.45) is 0.899. The lowest BCUT2D eigenvalue weighted by atomic mass is 10.2. The molecule has 1 aliphatic carbocycles. The van der Waals surface area contributed by atoms with Crippen molar-refractivity contribution in [2.75, 3.05) is 5.75 Å². The number of carbonyl (C=O) groups is 1. The van der Waals surface area contributed by atoms with E-state index in [-0.39, 0.29) is 23.0 Å². The fraction of sp³-hybridized carbons (Fsp3) is 0.462. The fourth-order valence-electron chi connectivity index (χ4n) is 2.00. The standard InChI is InChI=1S/C13H16O4S/c1-9-6-11(9)8-18(16,17)12-4-2-10(3-5-12)7-13(14)15/h2-5,9,11H,6-8H2,1H3,(H,14,15). The maximum Gasteiger partial charge on any atom is 0.307 e. The average Bonchev–Trinajstić information content (AvgIpc) is 2.93. The highest BCUT2D eigenvalue weighted by Gasteiger charge is 2.36. The Hall–Kier alpha value is -1.36. The molecule has 1 N–H and O–H groups in total. The molecule has 1 aliphatic rings. The first kappa shape index (κ1) is 13.1. The Bertz CT molecular complexity index is 545. The van der Waals surface area contributed by atoms with Gasteiger partial charge >= 0.3 is 5.97 Å². The molecule has 0 radical (unpaired) electrons. The van der Waals surface area contributed by atoms with Crippen molar-refractivity contribution in [3.63, 3.8) is 0 Å². The van der Waals surface area contributed by atoms with E-state index >= 15 is 0 Å². The first-order valence-corrected chi connectivity index (χ1v) is 7.57. The Morgan fingerprint density at radius 3 is 2.33 bits per heavy atom. The molecule has 0 saturated heterocycles. The molecule has 0 bridgehead atoms. The molecule has 0 amide bonds. The van der Waals surface area contributed by atoms with Crippen LogP contribution in [0.2, 0.25) is 0 Å². The van der Waals surface area contributed by atoms with E-state index in [4.69, 9.17) is 5.11 Å². The Morgan fingerprint density at radius 2 is 1.89 bits per heavy atom. The Labute approximate surface area is 107 Å². The molecule has 1 aromatic carbocycles. The predicted octanol–water partition coefficient (Wildman–Crippen LogP) is 1.74. The highest BCUT2D eigenvalue weighted by Crippen LogP contribution is 2.39. The highest BCUT2D eigenvalue weighted by molar-refractivity contribution is 7.91. The Kier molecular flexibility index (Phi) is 3.43. The number of hydrogen-bond acceptors (Lipinski definition) is 3.